The first-order chi connectivity index (χ1) is 9.19. The molecule has 19 heavy (non-hydrogen) atoms. The van der Waals surface area contributed by atoms with Gasteiger partial charge in [0.05, 0.1) is 0 Å². The first-order valence-corrected chi connectivity index (χ1v) is 7.46. The van der Waals surface area contributed by atoms with Crippen molar-refractivity contribution in [2.45, 2.75) is 26.2 Å². The number of aliphatic hydroxyl groups is 1. The van der Waals surface area contributed by atoms with Gasteiger partial charge in [-0.15, -0.1) is 11.3 Å². The summed E-state index contributed by atoms with van der Waals surface area (Å²) < 4.78 is 0. The van der Waals surface area contributed by atoms with Crippen LogP contribution < -0.4 is 0 Å². The maximum atomic E-state index is 8.95. The van der Waals surface area contributed by atoms with E-state index >= 15 is 0 Å². The van der Waals surface area contributed by atoms with Crippen molar-refractivity contribution in [3.8, 4) is 0 Å². The van der Waals surface area contributed by atoms with Gasteiger partial charge in [-0.3, -0.25) is 0 Å². The van der Waals surface area contributed by atoms with Gasteiger partial charge in [-0.1, -0.05) is 37.3 Å². The highest BCUT2D eigenvalue weighted by molar-refractivity contribution is 7.12. The Bertz CT molecular complexity index is 537. The maximum Gasteiger partial charge on any atom is 0.0436 e. The van der Waals surface area contributed by atoms with E-state index in [1.165, 1.54) is 20.9 Å². The van der Waals surface area contributed by atoms with Gasteiger partial charge >= 0.3 is 0 Å². The Balaban J connectivity index is 2.04. The molecule has 1 atom stereocenters. The molecule has 1 aromatic carbocycles. The van der Waals surface area contributed by atoms with E-state index in [4.69, 9.17) is 5.11 Å². The Hall–Kier alpha value is -1.38. The second-order valence-electron chi connectivity index (χ2n) is 4.86. The van der Waals surface area contributed by atoms with E-state index in [1.807, 2.05) is 11.3 Å². The molecule has 100 valence electrons. The minimum absolute atomic E-state index is 0.251. The molecule has 1 unspecified atom stereocenters. The molecular formula is C17H20OS. The first kappa shape index (κ1) is 14.0. The van der Waals surface area contributed by atoms with Crippen LogP contribution in [0.3, 0.4) is 0 Å². The molecule has 0 saturated heterocycles. The van der Waals surface area contributed by atoms with Gasteiger partial charge < -0.3 is 5.11 Å². The monoisotopic (exact) mass is 272 g/mol. The van der Waals surface area contributed by atoms with Crippen molar-refractivity contribution in [3.05, 3.63) is 57.3 Å². The highest BCUT2D eigenvalue weighted by Gasteiger charge is 2.03. The predicted octanol–water partition coefficient (Wildman–Crippen LogP) is 4.71. The van der Waals surface area contributed by atoms with Gasteiger partial charge in [0.25, 0.3) is 0 Å². The van der Waals surface area contributed by atoms with Gasteiger partial charge in [-0.05, 0) is 48.6 Å². The molecule has 2 rings (SSSR count). The van der Waals surface area contributed by atoms with Crippen LogP contribution in [0.5, 0.6) is 0 Å². The molecule has 0 saturated carbocycles. The summed E-state index contributed by atoms with van der Waals surface area (Å²) >= 11 is 1.81. The topological polar surface area (TPSA) is 20.2 Å². The third kappa shape index (κ3) is 4.05. The minimum atomic E-state index is 0.251. The molecule has 0 aliphatic rings. The lowest BCUT2D eigenvalue weighted by Gasteiger charge is -2.09. The lowest BCUT2D eigenvalue weighted by Crippen LogP contribution is -1.96. The van der Waals surface area contributed by atoms with Gasteiger partial charge in [0.15, 0.2) is 0 Å². The molecule has 1 heterocycles. The third-order valence-electron chi connectivity index (χ3n) is 3.27. The lowest BCUT2D eigenvalue weighted by atomic mass is 9.97. The Labute approximate surface area is 119 Å². The molecule has 2 heteroatoms. The van der Waals surface area contributed by atoms with Crippen LogP contribution in [0.4, 0.5) is 0 Å². The molecular weight excluding hydrogens is 252 g/mol. The van der Waals surface area contributed by atoms with E-state index < -0.39 is 0 Å². The molecule has 0 spiro atoms. The van der Waals surface area contributed by atoms with Crippen molar-refractivity contribution in [2.24, 2.45) is 0 Å². The Morgan fingerprint density at radius 3 is 2.42 bits per heavy atom. The highest BCUT2D eigenvalue weighted by atomic mass is 32.1. The van der Waals surface area contributed by atoms with Crippen LogP contribution in [-0.4, -0.2) is 11.7 Å². The number of thiophene rings is 1. The molecule has 0 radical (unpaired) electrons. The van der Waals surface area contributed by atoms with Crippen molar-refractivity contribution in [1.82, 2.24) is 0 Å². The van der Waals surface area contributed by atoms with E-state index in [1.54, 1.807) is 0 Å². The standard InChI is InChI=1S/C17H20OS/c1-13(11-12-18)16-7-4-15(5-8-16)6-10-17-9-3-14(2)19-17/h3-10,13,18H,11-12H2,1-2H3/b10-6+. The SMILES string of the molecule is Cc1ccc(/C=C/c2ccc(C(C)CCO)cc2)s1. The first-order valence-electron chi connectivity index (χ1n) is 6.64. The molecule has 1 aromatic heterocycles. The number of benzene rings is 1. The van der Waals surface area contributed by atoms with Gasteiger partial charge in [-0.25, -0.2) is 0 Å². The second kappa shape index (κ2) is 6.69. The second-order valence-corrected chi connectivity index (χ2v) is 6.18. The van der Waals surface area contributed by atoms with Crippen molar-refractivity contribution in [2.75, 3.05) is 6.61 Å². The number of aliphatic hydroxyl groups excluding tert-OH is 1. The molecule has 1 nitrogen and oxygen atoms in total. The molecule has 2 aromatic rings. The molecule has 0 bridgehead atoms. The molecule has 1 N–H and O–H groups in total. The Morgan fingerprint density at radius 2 is 1.84 bits per heavy atom. The van der Waals surface area contributed by atoms with Crippen LogP contribution >= 0.6 is 11.3 Å². The lowest BCUT2D eigenvalue weighted by molar-refractivity contribution is 0.278. The zero-order chi connectivity index (χ0) is 13.7. The van der Waals surface area contributed by atoms with Gasteiger partial charge in [0.2, 0.25) is 0 Å². The van der Waals surface area contributed by atoms with E-state index in [-0.39, 0.29) is 6.61 Å². The van der Waals surface area contributed by atoms with Gasteiger partial charge in [-0.2, -0.15) is 0 Å². The fourth-order valence-electron chi connectivity index (χ4n) is 2.02. The summed E-state index contributed by atoms with van der Waals surface area (Å²) in [4.78, 5) is 2.63. The summed E-state index contributed by atoms with van der Waals surface area (Å²) in [5.41, 5.74) is 2.50. The largest absolute Gasteiger partial charge is 0.396 e. The summed E-state index contributed by atoms with van der Waals surface area (Å²) in [5, 5.41) is 8.95. The maximum absolute atomic E-state index is 8.95. The zero-order valence-electron chi connectivity index (χ0n) is 11.5. The van der Waals surface area contributed by atoms with Crippen LogP contribution in [0, 0.1) is 6.92 Å². The normalized spacial score (nSPS) is 13.0. The molecule has 0 fully saturated rings. The van der Waals surface area contributed by atoms with Gasteiger partial charge in [0.1, 0.15) is 0 Å². The average molecular weight is 272 g/mol. The Kier molecular flexibility index (Phi) is 4.94. The predicted molar refractivity (Wildman–Crippen MR) is 84.5 cm³/mol. The number of aryl methyl sites for hydroxylation is 1. The smallest absolute Gasteiger partial charge is 0.0436 e. The zero-order valence-corrected chi connectivity index (χ0v) is 12.3. The van der Waals surface area contributed by atoms with Crippen LogP contribution in [0.2, 0.25) is 0 Å². The van der Waals surface area contributed by atoms with Crippen molar-refractivity contribution >= 4 is 23.5 Å². The highest BCUT2D eigenvalue weighted by Crippen LogP contribution is 2.21. The average Bonchev–Trinajstić information content (AvgIpc) is 2.83. The molecule has 0 amide bonds. The summed E-state index contributed by atoms with van der Waals surface area (Å²) in [6.07, 6.45) is 5.12. The van der Waals surface area contributed by atoms with Crippen LogP contribution in [0.25, 0.3) is 12.2 Å². The van der Waals surface area contributed by atoms with E-state index in [2.05, 4.69) is 62.4 Å². The summed E-state index contributed by atoms with van der Waals surface area (Å²) in [6.45, 7) is 4.52. The summed E-state index contributed by atoms with van der Waals surface area (Å²) in [6, 6.07) is 12.9. The summed E-state index contributed by atoms with van der Waals surface area (Å²) in [5.74, 6) is 0.419. The van der Waals surface area contributed by atoms with Crippen LogP contribution in [-0.2, 0) is 0 Å². The van der Waals surface area contributed by atoms with Crippen LogP contribution in [0.1, 0.15) is 40.1 Å². The van der Waals surface area contributed by atoms with E-state index in [0.29, 0.717) is 5.92 Å². The third-order valence-corrected chi connectivity index (χ3v) is 4.23. The van der Waals surface area contributed by atoms with Crippen molar-refractivity contribution in [1.29, 1.82) is 0 Å². The van der Waals surface area contributed by atoms with E-state index in [0.717, 1.165) is 6.42 Å². The fraction of sp³-hybridized carbons (Fsp3) is 0.294. The Morgan fingerprint density at radius 1 is 1.11 bits per heavy atom. The minimum Gasteiger partial charge on any atom is -0.396 e. The van der Waals surface area contributed by atoms with Gasteiger partial charge in [0, 0.05) is 16.4 Å². The quantitative estimate of drug-likeness (QED) is 0.835. The molecule has 0 aliphatic carbocycles. The van der Waals surface area contributed by atoms with E-state index in [9.17, 15) is 0 Å². The number of hydrogen-bond donors (Lipinski definition) is 1. The number of hydrogen-bond acceptors (Lipinski definition) is 2. The molecule has 0 aliphatic heterocycles. The fourth-order valence-corrected chi connectivity index (χ4v) is 2.80. The van der Waals surface area contributed by atoms with Crippen molar-refractivity contribution < 1.29 is 5.11 Å². The van der Waals surface area contributed by atoms with Crippen LogP contribution in [0.15, 0.2) is 36.4 Å². The number of rotatable bonds is 5. The van der Waals surface area contributed by atoms with Crippen molar-refractivity contribution in [3.63, 3.8) is 0 Å². The summed E-state index contributed by atoms with van der Waals surface area (Å²) in [7, 11) is 0.